The minimum absolute atomic E-state index is 0.0234. The molecule has 1 rings (SSSR count). The number of carbonyl (C=O) groups is 1. The molecule has 0 aliphatic heterocycles. The summed E-state index contributed by atoms with van der Waals surface area (Å²) < 4.78 is 0. The fraction of sp³-hybridized carbons (Fsp3) is 0.357. The zero-order chi connectivity index (χ0) is 14.4. The van der Waals surface area contributed by atoms with E-state index in [1.807, 2.05) is 6.92 Å². The second-order valence-corrected chi connectivity index (χ2v) is 4.24. The van der Waals surface area contributed by atoms with E-state index in [9.17, 15) is 14.9 Å². The quantitative estimate of drug-likeness (QED) is 0.502. The van der Waals surface area contributed by atoms with Crippen molar-refractivity contribution in [1.29, 1.82) is 0 Å². The molecular weight excluding hydrogens is 244 g/mol. The van der Waals surface area contributed by atoms with Gasteiger partial charge in [-0.1, -0.05) is 6.92 Å². The molecule has 0 aromatic heterocycles. The van der Waals surface area contributed by atoms with Gasteiger partial charge in [0.25, 0.3) is 11.6 Å². The van der Waals surface area contributed by atoms with Crippen molar-refractivity contribution in [3.8, 4) is 12.3 Å². The molecule has 100 valence electrons. The minimum Gasteiger partial charge on any atom is -0.348 e. The number of carbonyl (C=O) groups excluding carboxylic acids is 1. The number of hydrogen-bond acceptors (Lipinski definition) is 3. The molecule has 0 aliphatic carbocycles. The summed E-state index contributed by atoms with van der Waals surface area (Å²) in [5.74, 6) is 2.26. The fourth-order valence-corrected chi connectivity index (χ4v) is 1.72. The van der Waals surface area contributed by atoms with E-state index in [4.69, 9.17) is 6.42 Å². The Morgan fingerprint density at radius 1 is 1.58 bits per heavy atom. The highest BCUT2D eigenvalue weighted by atomic mass is 16.6. The molecule has 5 heteroatoms. The van der Waals surface area contributed by atoms with Gasteiger partial charge in [0.2, 0.25) is 0 Å². The van der Waals surface area contributed by atoms with Gasteiger partial charge >= 0.3 is 0 Å². The van der Waals surface area contributed by atoms with Crippen LogP contribution in [-0.2, 0) is 0 Å². The van der Waals surface area contributed by atoms with Crippen molar-refractivity contribution in [1.82, 2.24) is 5.32 Å². The Hall–Kier alpha value is -2.35. The van der Waals surface area contributed by atoms with Crippen molar-refractivity contribution in [3.63, 3.8) is 0 Å². The van der Waals surface area contributed by atoms with Crippen molar-refractivity contribution in [2.24, 2.45) is 0 Å². The SMILES string of the molecule is C#CCC(CC)NC(=O)c1ccc([N+](=O)[O-])cc1C. The number of nitrogens with zero attached hydrogens (tertiary/aromatic N) is 1. The summed E-state index contributed by atoms with van der Waals surface area (Å²) in [4.78, 5) is 22.2. The van der Waals surface area contributed by atoms with Gasteiger partial charge in [0.1, 0.15) is 0 Å². The summed E-state index contributed by atoms with van der Waals surface area (Å²) in [5.41, 5.74) is 0.980. The van der Waals surface area contributed by atoms with E-state index < -0.39 is 4.92 Å². The van der Waals surface area contributed by atoms with Gasteiger partial charge < -0.3 is 5.32 Å². The molecule has 1 N–H and O–H groups in total. The zero-order valence-electron chi connectivity index (χ0n) is 11.0. The van der Waals surface area contributed by atoms with Gasteiger partial charge in [-0.3, -0.25) is 14.9 Å². The van der Waals surface area contributed by atoms with Crippen LogP contribution < -0.4 is 5.32 Å². The summed E-state index contributed by atoms with van der Waals surface area (Å²) in [6.45, 7) is 3.61. The number of nitrogens with one attached hydrogen (secondary N) is 1. The topological polar surface area (TPSA) is 72.2 Å². The molecular formula is C14H16N2O3. The summed E-state index contributed by atoms with van der Waals surface area (Å²) in [6, 6.07) is 4.10. The number of nitro benzene ring substituents is 1. The zero-order valence-corrected chi connectivity index (χ0v) is 11.0. The molecule has 0 aliphatic rings. The van der Waals surface area contributed by atoms with Crippen molar-refractivity contribution >= 4 is 11.6 Å². The first kappa shape index (κ1) is 14.7. The maximum Gasteiger partial charge on any atom is 0.269 e. The molecule has 0 spiro atoms. The van der Waals surface area contributed by atoms with Crippen LogP contribution in [0.3, 0.4) is 0 Å². The van der Waals surface area contributed by atoms with Gasteiger partial charge in [-0.05, 0) is 25.0 Å². The highest BCUT2D eigenvalue weighted by molar-refractivity contribution is 5.96. The van der Waals surface area contributed by atoms with Gasteiger partial charge in [-0.2, -0.15) is 0 Å². The lowest BCUT2D eigenvalue weighted by Crippen LogP contribution is -2.34. The van der Waals surface area contributed by atoms with Crippen molar-refractivity contribution in [2.45, 2.75) is 32.7 Å². The first-order valence-corrected chi connectivity index (χ1v) is 5.99. The van der Waals surface area contributed by atoms with Gasteiger partial charge in [-0.25, -0.2) is 0 Å². The molecule has 1 unspecified atom stereocenters. The van der Waals surface area contributed by atoms with Crippen LogP contribution in [0.1, 0.15) is 35.7 Å². The molecule has 0 fully saturated rings. The molecule has 1 amide bonds. The maximum absolute atomic E-state index is 12.0. The minimum atomic E-state index is -0.484. The Morgan fingerprint density at radius 3 is 2.74 bits per heavy atom. The van der Waals surface area contributed by atoms with Crippen LogP contribution >= 0.6 is 0 Å². The smallest absolute Gasteiger partial charge is 0.269 e. The van der Waals surface area contributed by atoms with Gasteiger partial charge in [-0.15, -0.1) is 12.3 Å². The van der Waals surface area contributed by atoms with E-state index >= 15 is 0 Å². The maximum atomic E-state index is 12.0. The molecule has 1 aromatic rings. The number of hydrogen-bond donors (Lipinski definition) is 1. The molecule has 0 bridgehead atoms. The average Bonchev–Trinajstić information content (AvgIpc) is 2.37. The lowest BCUT2D eigenvalue weighted by atomic mass is 10.1. The van der Waals surface area contributed by atoms with E-state index in [1.165, 1.54) is 18.2 Å². The third kappa shape index (κ3) is 3.81. The lowest BCUT2D eigenvalue weighted by Gasteiger charge is -2.15. The molecule has 5 nitrogen and oxygen atoms in total. The Morgan fingerprint density at radius 2 is 2.26 bits per heavy atom. The molecule has 0 radical (unpaired) electrons. The van der Waals surface area contributed by atoms with E-state index in [2.05, 4.69) is 11.2 Å². The number of benzene rings is 1. The molecule has 0 saturated carbocycles. The molecule has 0 heterocycles. The second-order valence-electron chi connectivity index (χ2n) is 4.24. The first-order chi connectivity index (χ1) is 8.99. The van der Waals surface area contributed by atoms with Crippen LogP contribution in [0, 0.1) is 29.4 Å². The van der Waals surface area contributed by atoms with Crippen LogP contribution in [0.5, 0.6) is 0 Å². The normalized spacial score (nSPS) is 11.4. The van der Waals surface area contributed by atoms with Crippen molar-refractivity contribution < 1.29 is 9.72 Å². The predicted octanol–water partition coefficient (Wildman–Crippen LogP) is 2.43. The number of rotatable bonds is 5. The lowest BCUT2D eigenvalue weighted by molar-refractivity contribution is -0.384. The third-order valence-corrected chi connectivity index (χ3v) is 2.86. The number of nitro groups is 1. The van der Waals surface area contributed by atoms with Crippen LogP contribution in [0.15, 0.2) is 18.2 Å². The van der Waals surface area contributed by atoms with Gasteiger partial charge in [0.15, 0.2) is 0 Å². The number of non-ortho nitro benzene ring substituents is 1. The van der Waals surface area contributed by atoms with E-state index in [1.54, 1.807) is 6.92 Å². The monoisotopic (exact) mass is 260 g/mol. The number of terminal acetylenes is 1. The van der Waals surface area contributed by atoms with Crippen LogP contribution in [0.4, 0.5) is 5.69 Å². The van der Waals surface area contributed by atoms with Crippen LogP contribution in [0.2, 0.25) is 0 Å². The standard InChI is InChI=1S/C14H16N2O3/c1-4-6-11(5-2)15-14(17)13-8-7-12(16(18)19)9-10(13)3/h1,7-9,11H,5-6H2,2-3H3,(H,15,17). The summed E-state index contributed by atoms with van der Waals surface area (Å²) in [5, 5.41) is 13.4. The third-order valence-electron chi connectivity index (χ3n) is 2.86. The summed E-state index contributed by atoms with van der Waals surface area (Å²) in [7, 11) is 0. The molecule has 19 heavy (non-hydrogen) atoms. The highest BCUT2D eigenvalue weighted by Crippen LogP contribution is 2.17. The Balaban J connectivity index is 2.89. The predicted molar refractivity (Wildman–Crippen MR) is 72.8 cm³/mol. The number of amides is 1. The number of aryl methyl sites for hydroxylation is 1. The highest BCUT2D eigenvalue weighted by Gasteiger charge is 2.15. The van der Waals surface area contributed by atoms with Crippen LogP contribution in [-0.4, -0.2) is 16.9 Å². The average molecular weight is 260 g/mol. The van der Waals surface area contributed by atoms with E-state index in [0.29, 0.717) is 17.5 Å². The summed E-state index contributed by atoms with van der Waals surface area (Å²) >= 11 is 0. The Labute approximate surface area is 112 Å². The van der Waals surface area contributed by atoms with Crippen molar-refractivity contribution in [3.05, 3.63) is 39.4 Å². The Bertz CT molecular complexity index is 532. The first-order valence-electron chi connectivity index (χ1n) is 5.99. The van der Waals surface area contributed by atoms with Crippen LogP contribution in [0.25, 0.3) is 0 Å². The van der Waals surface area contributed by atoms with E-state index in [0.717, 1.165) is 6.42 Å². The molecule has 1 atom stereocenters. The van der Waals surface area contributed by atoms with Crippen molar-refractivity contribution in [2.75, 3.05) is 0 Å². The fourth-order valence-electron chi connectivity index (χ4n) is 1.72. The Kier molecular flexibility index (Phi) is 5.07. The largest absolute Gasteiger partial charge is 0.348 e. The molecule has 1 aromatic carbocycles. The summed E-state index contributed by atoms with van der Waals surface area (Å²) in [6.07, 6.45) is 6.43. The second kappa shape index (κ2) is 6.55. The van der Waals surface area contributed by atoms with Gasteiger partial charge in [0.05, 0.1) is 4.92 Å². The molecule has 0 saturated heterocycles. The van der Waals surface area contributed by atoms with E-state index in [-0.39, 0.29) is 17.6 Å². The van der Waals surface area contributed by atoms with Gasteiger partial charge in [0, 0.05) is 30.2 Å².